The smallest absolute Gasteiger partial charge is 0.284 e. The van der Waals surface area contributed by atoms with E-state index >= 15 is 0 Å². The van der Waals surface area contributed by atoms with E-state index in [0.717, 1.165) is 45.0 Å². The molecule has 1 N–H and O–H groups in total. The van der Waals surface area contributed by atoms with Crippen LogP contribution in [-0.2, 0) is 24.4 Å². The molecule has 1 fully saturated rings. The van der Waals surface area contributed by atoms with E-state index < -0.39 is 0 Å². The van der Waals surface area contributed by atoms with E-state index in [4.69, 9.17) is 13.9 Å². The number of nitrogens with zero attached hydrogens (tertiary/aromatic N) is 2. The zero-order valence-corrected chi connectivity index (χ0v) is 16.4. The van der Waals surface area contributed by atoms with Crippen LogP contribution in [-0.4, -0.2) is 63.4 Å². The fourth-order valence-corrected chi connectivity index (χ4v) is 3.11. The molecule has 0 aliphatic carbocycles. The molecule has 3 rings (SSSR count). The molecule has 0 spiro atoms. The van der Waals surface area contributed by atoms with Gasteiger partial charge < -0.3 is 24.1 Å². The highest BCUT2D eigenvalue weighted by atomic mass is 16.6. The van der Waals surface area contributed by atoms with E-state index in [1.807, 2.05) is 12.1 Å². The van der Waals surface area contributed by atoms with Gasteiger partial charge in [0.1, 0.15) is 12.4 Å². The fraction of sp³-hybridized carbons (Fsp3) is 0.524. The molecule has 0 saturated carbocycles. The predicted octanol–water partition coefficient (Wildman–Crippen LogP) is 2.34. The molecule has 6 heteroatoms. The highest BCUT2D eigenvalue weighted by Crippen LogP contribution is 2.16. The maximum absolute atomic E-state index is 5.63. The molecular formula is C21H31N3O3. The monoisotopic (exact) mass is 373 g/mol. The largest absolute Gasteiger partial charge is 0.463 e. The number of methoxy groups -OCH3 is 1. The highest BCUT2D eigenvalue weighted by Gasteiger charge is 2.13. The molecule has 2 heterocycles. The number of piperazine rings is 1. The van der Waals surface area contributed by atoms with Crippen molar-refractivity contribution in [2.24, 2.45) is 0 Å². The van der Waals surface area contributed by atoms with Crippen LogP contribution in [0.1, 0.15) is 16.9 Å². The van der Waals surface area contributed by atoms with Crippen LogP contribution in [0.4, 0.5) is 0 Å². The van der Waals surface area contributed by atoms with Gasteiger partial charge in [-0.3, -0.25) is 4.90 Å². The van der Waals surface area contributed by atoms with E-state index in [1.165, 1.54) is 11.1 Å². The van der Waals surface area contributed by atoms with Crippen molar-refractivity contribution in [2.75, 3.05) is 53.6 Å². The van der Waals surface area contributed by atoms with Crippen LogP contribution >= 0.6 is 0 Å². The van der Waals surface area contributed by atoms with Crippen molar-refractivity contribution in [1.29, 1.82) is 0 Å². The van der Waals surface area contributed by atoms with Gasteiger partial charge in [-0.2, -0.15) is 0 Å². The van der Waals surface area contributed by atoms with Crippen LogP contribution in [0, 0.1) is 0 Å². The third kappa shape index (κ3) is 6.66. The molecule has 1 aliphatic rings. The molecule has 27 heavy (non-hydrogen) atoms. The van der Waals surface area contributed by atoms with Crippen LogP contribution in [0.15, 0.2) is 40.8 Å². The Labute approximate surface area is 162 Å². The number of nitrogens with one attached hydrogen (secondary N) is 1. The zero-order valence-electron chi connectivity index (χ0n) is 16.4. The summed E-state index contributed by atoms with van der Waals surface area (Å²) in [4.78, 5) is 4.91. The van der Waals surface area contributed by atoms with Crippen molar-refractivity contribution in [3.63, 3.8) is 0 Å². The standard InChI is InChI=1S/C21H31N3O3/c1-23-9-11-24(12-10-23)17-19-5-3-18(4-6-19)15-22-16-20-7-8-21(27-20)26-14-13-25-2/h3-8,22H,9-17H2,1-2H3. The Bertz CT molecular complexity index is 664. The Morgan fingerprint density at radius 2 is 1.67 bits per heavy atom. The lowest BCUT2D eigenvalue weighted by Crippen LogP contribution is -2.43. The topological polar surface area (TPSA) is 50.1 Å². The maximum Gasteiger partial charge on any atom is 0.284 e. The van der Waals surface area contributed by atoms with Crippen LogP contribution in [0.2, 0.25) is 0 Å². The number of hydrogen-bond donors (Lipinski definition) is 1. The Hall–Kier alpha value is -1.86. The molecule has 0 unspecified atom stereocenters. The van der Waals surface area contributed by atoms with Crippen LogP contribution in [0.5, 0.6) is 5.95 Å². The molecule has 1 aliphatic heterocycles. The van der Waals surface area contributed by atoms with Gasteiger partial charge in [-0.05, 0) is 24.2 Å². The van der Waals surface area contributed by atoms with Gasteiger partial charge in [-0.1, -0.05) is 24.3 Å². The summed E-state index contributed by atoms with van der Waals surface area (Å²) in [6, 6.07) is 12.7. The van der Waals surface area contributed by atoms with Gasteiger partial charge >= 0.3 is 0 Å². The predicted molar refractivity (Wildman–Crippen MR) is 106 cm³/mol. The van der Waals surface area contributed by atoms with E-state index in [1.54, 1.807) is 7.11 Å². The molecule has 1 saturated heterocycles. The van der Waals surface area contributed by atoms with Gasteiger partial charge in [0.15, 0.2) is 0 Å². The highest BCUT2D eigenvalue weighted by molar-refractivity contribution is 5.22. The van der Waals surface area contributed by atoms with Gasteiger partial charge in [-0.15, -0.1) is 0 Å². The summed E-state index contributed by atoms with van der Waals surface area (Å²) >= 11 is 0. The van der Waals surface area contributed by atoms with Crippen LogP contribution < -0.4 is 10.1 Å². The van der Waals surface area contributed by atoms with Gasteiger partial charge in [0, 0.05) is 52.4 Å². The Balaban J connectivity index is 1.37. The second-order valence-corrected chi connectivity index (χ2v) is 7.06. The van der Waals surface area contributed by atoms with Gasteiger partial charge in [-0.25, -0.2) is 0 Å². The molecule has 0 radical (unpaired) electrons. The minimum atomic E-state index is 0.497. The number of ether oxygens (including phenoxy) is 2. The van der Waals surface area contributed by atoms with E-state index in [9.17, 15) is 0 Å². The molecule has 6 nitrogen and oxygen atoms in total. The summed E-state index contributed by atoms with van der Waals surface area (Å²) in [5.74, 6) is 1.41. The van der Waals surface area contributed by atoms with Crippen molar-refractivity contribution in [1.82, 2.24) is 15.1 Å². The van der Waals surface area contributed by atoms with Crippen LogP contribution in [0.25, 0.3) is 0 Å². The molecule has 0 atom stereocenters. The van der Waals surface area contributed by atoms with Crippen LogP contribution in [0.3, 0.4) is 0 Å². The van der Waals surface area contributed by atoms with E-state index in [-0.39, 0.29) is 0 Å². The third-order valence-electron chi connectivity index (χ3n) is 4.82. The van der Waals surface area contributed by atoms with Crippen molar-refractivity contribution in [3.8, 4) is 5.95 Å². The molecule has 1 aromatic heterocycles. The summed E-state index contributed by atoms with van der Waals surface area (Å²) in [5.41, 5.74) is 2.66. The summed E-state index contributed by atoms with van der Waals surface area (Å²) < 4.78 is 16.0. The third-order valence-corrected chi connectivity index (χ3v) is 4.82. The van der Waals surface area contributed by atoms with Crippen molar-refractivity contribution < 1.29 is 13.9 Å². The van der Waals surface area contributed by atoms with E-state index in [0.29, 0.717) is 25.7 Å². The van der Waals surface area contributed by atoms with Gasteiger partial charge in [0.2, 0.25) is 0 Å². The normalized spacial score (nSPS) is 15.9. The fourth-order valence-electron chi connectivity index (χ4n) is 3.11. The Morgan fingerprint density at radius 1 is 0.926 bits per heavy atom. The summed E-state index contributed by atoms with van der Waals surface area (Å²) in [5, 5.41) is 3.41. The quantitative estimate of drug-likeness (QED) is 0.645. The van der Waals surface area contributed by atoms with E-state index in [2.05, 4.69) is 46.4 Å². The molecule has 1 aromatic carbocycles. The first kappa shape index (κ1) is 19.9. The number of benzene rings is 1. The summed E-state index contributed by atoms with van der Waals surface area (Å²) in [6.07, 6.45) is 0. The zero-order chi connectivity index (χ0) is 18.9. The molecule has 148 valence electrons. The second kappa shape index (κ2) is 10.5. The van der Waals surface area contributed by atoms with Crippen molar-refractivity contribution in [3.05, 3.63) is 53.3 Å². The molecule has 0 bridgehead atoms. The minimum Gasteiger partial charge on any atom is -0.463 e. The summed E-state index contributed by atoms with van der Waals surface area (Å²) in [7, 11) is 3.84. The number of hydrogen-bond acceptors (Lipinski definition) is 6. The van der Waals surface area contributed by atoms with Crippen molar-refractivity contribution >= 4 is 0 Å². The first-order valence-corrected chi connectivity index (χ1v) is 9.63. The van der Waals surface area contributed by atoms with Gasteiger partial charge in [0.25, 0.3) is 5.95 Å². The maximum atomic E-state index is 5.63. The van der Waals surface area contributed by atoms with Crippen molar-refractivity contribution in [2.45, 2.75) is 19.6 Å². The summed E-state index contributed by atoms with van der Waals surface area (Å²) in [6.45, 7) is 8.21. The number of rotatable bonds is 10. The average molecular weight is 373 g/mol. The average Bonchev–Trinajstić information content (AvgIpc) is 3.13. The minimum absolute atomic E-state index is 0.497. The number of furan rings is 1. The lowest BCUT2D eigenvalue weighted by Gasteiger charge is -2.32. The molecule has 0 amide bonds. The molecule has 2 aromatic rings. The Morgan fingerprint density at radius 3 is 2.41 bits per heavy atom. The SMILES string of the molecule is COCCOc1ccc(CNCc2ccc(CN3CCN(C)CC3)cc2)o1. The van der Waals surface area contributed by atoms with Gasteiger partial charge in [0.05, 0.1) is 13.2 Å². The first-order valence-electron chi connectivity index (χ1n) is 9.63. The Kier molecular flexibility index (Phi) is 7.71. The lowest BCUT2D eigenvalue weighted by atomic mass is 10.1. The second-order valence-electron chi connectivity index (χ2n) is 7.06. The molecular weight excluding hydrogens is 342 g/mol. The first-order chi connectivity index (χ1) is 13.2. The lowest BCUT2D eigenvalue weighted by molar-refractivity contribution is 0.129. The number of likely N-dealkylation sites (N-methyl/N-ethyl adjacent to an activating group) is 1.